The Bertz CT molecular complexity index is 442. The van der Waals surface area contributed by atoms with Crippen LogP contribution in [-0.4, -0.2) is 19.3 Å². The van der Waals surface area contributed by atoms with E-state index in [4.69, 9.17) is 21.1 Å². The molecular formula is C16H23ClO3. The van der Waals surface area contributed by atoms with E-state index < -0.39 is 6.10 Å². The maximum atomic E-state index is 10.5. The van der Waals surface area contributed by atoms with Gasteiger partial charge in [-0.05, 0) is 24.5 Å². The fraction of sp³-hybridized carbons (Fsp3) is 0.625. The molecule has 1 aliphatic rings. The molecular weight excluding hydrogens is 276 g/mol. The first-order valence-electron chi connectivity index (χ1n) is 7.25. The predicted octanol–water partition coefficient (Wildman–Crippen LogP) is 4.36. The number of methoxy groups -OCH3 is 2. The van der Waals surface area contributed by atoms with Crippen molar-refractivity contribution >= 4 is 11.6 Å². The summed E-state index contributed by atoms with van der Waals surface area (Å²) < 4.78 is 10.5. The molecule has 2 rings (SSSR count). The number of aliphatic hydroxyl groups excluding tert-OH is 1. The molecule has 0 radical (unpaired) electrons. The Kier molecular flexibility index (Phi) is 5.55. The van der Waals surface area contributed by atoms with E-state index in [0.29, 0.717) is 22.4 Å². The molecule has 1 fully saturated rings. The summed E-state index contributed by atoms with van der Waals surface area (Å²) in [5.74, 6) is 1.69. The van der Waals surface area contributed by atoms with Crippen LogP contribution in [0.2, 0.25) is 5.02 Å². The van der Waals surface area contributed by atoms with Gasteiger partial charge in [-0.3, -0.25) is 0 Å². The van der Waals surface area contributed by atoms with Crippen LogP contribution >= 0.6 is 11.6 Å². The second kappa shape index (κ2) is 7.19. The number of ether oxygens (including phenoxy) is 2. The molecule has 0 heterocycles. The molecule has 0 aliphatic heterocycles. The van der Waals surface area contributed by atoms with Crippen LogP contribution < -0.4 is 9.47 Å². The van der Waals surface area contributed by atoms with E-state index in [1.807, 2.05) is 6.07 Å². The third-order valence-corrected chi connectivity index (χ3v) is 4.51. The normalized spacial score (nSPS) is 17.8. The van der Waals surface area contributed by atoms with E-state index in [2.05, 4.69) is 0 Å². The molecule has 1 unspecified atom stereocenters. The SMILES string of the molecule is COc1ccc(C(O)CC2CCCCC2)c(OC)c1Cl. The Morgan fingerprint density at radius 1 is 1.20 bits per heavy atom. The minimum Gasteiger partial charge on any atom is -0.495 e. The number of hydrogen-bond acceptors (Lipinski definition) is 3. The summed E-state index contributed by atoms with van der Waals surface area (Å²) in [7, 11) is 3.14. The molecule has 1 aromatic rings. The molecule has 1 N–H and O–H groups in total. The van der Waals surface area contributed by atoms with Gasteiger partial charge >= 0.3 is 0 Å². The highest BCUT2D eigenvalue weighted by Crippen LogP contribution is 2.42. The molecule has 1 aliphatic carbocycles. The third-order valence-electron chi connectivity index (χ3n) is 4.16. The predicted molar refractivity (Wildman–Crippen MR) is 80.7 cm³/mol. The van der Waals surface area contributed by atoms with Gasteiger partial charge < -0.3 is 14.6 Å². The van der Waals surface area contributed by atoms with E-state index >= 15 is 0 Å². The van der Waals surface area contributed by atoms with Crippen molar-refractivity contribution in [2.75, 3.05) is 14.2 Å². The van der Waals surface area contributed by atoms with Gasteiger partial charge in [-0.25, -0.2) is 0 Å². The zero-order valence-corrected chi connectivity index (χ0v) is 12.9. The lowest BCUT2D eigenvalue weighted by Crippen LogP contribution is -2.12. The third kappa shape index (κ3) is 3.39. The van der Waals surface area contributed by atoms with E-state index in [0.717, 1.165) is 12.0 Å². The van der Waals surface area contributed by atoms with Crippen LogP contribution in [-0.2, 0) is 0 Å². The van der Waals surface area contributed by atoms with Crippen molar-refractivity contribution in [2.24, 2.45) is 5.92 Å². The van der Waals surface area contributed by atoms with Crippen LogP contribution in [0.25, 0.3) is 0 Å². The van der Waals surface area contributed by atoms with Crippen molar-refractivity contribution in [3.05, 3.63) is 22.7 Å². The van der Waals surface area contributed by atoms with Crippen molar-refractivity contribution < 1.29 is 14.6 Å². The molecule has 112 valence electrons. The van der Waals surface area contributed by atoms with E-state index in [1.54, 1.807) is 20.3 Å². The molecule has 0 amide bonds. The first-order valence-corrected chi connectivity index (χ1v) is 7.63. The second-order valence-electron chi connectivity index (χ2n) is 5.46. The van der Waals surface area contributed by atoms with Crippen LogP contribution in [0.3, 0.4) is 0 Å². The second-order valence-corrected chi connectivity index (χ2v) is 5.84. The lowest BCUT2D eigenvalue weighted by atomic mass is 9.84. The zero-order chi connectivity index (χ0) is 14.5. The van der Waals surface area contributed by atoms with Gasteiger partial charge in [-0.1, -0.05) is 43.7 Å². The van der Waals surface area contributed by atoms with Crippen molar-refractivity contribution in [3.8, 4) is 11.5 Å². The summed E-state index contributed by atoms with van der Waals surface area (Å²) in [4.78, 5) is 0. The van der Waals surface area contributed by atoms with E-state index in [1.165, 1.54) is 32.1 Å². The van der Waals surface area contributed by atoms with Gasteiger partial charge in [0.15, 0.2) is 0 Å². The molecule has 20 heavy (non-hydrogen) atoms. The number of aliphatic hydroxyl groups is 1. The standard InChI is InChI=1S/C16H23ClO3/c1-19-14-9-8-12(16(20-2)15(14)17)13(18)10-11-6-4-3-5-7-11/h8-9,11,13,18H,3-7,10H2,1-2H3. The number of hydrogen-bond donors (Lipinski definition) is 1. The first kappa shape index (κ1) is 15.5. The van der Waals surface area contributed by atoms with Gasteiger partial charge in [-0.2, -0.15) is 0 Å². The topological polar surface area (TPSA) is 38.7 Å². The largest absolute Gasteiger partial charge is 0.495 e. The number of halogens is 1. The van der Waals surface area contributed by atoms with Gasteiger partial charge in [0, 0.05) is 5.56 Å². The average Bonchev–Trinajstić information content (AvgIpc) is 2.47. The highest BCUT2D eigenvalue weighted by molar-refractivity contribution is 6.33. The van der Waals surface area contributed by atoms with Gasteiger partial charge in [0.25, 0.3) is 0 Å². The molecule has 1 saturated carbocycles. The van der Waals surface area contributed by atoms with Crippen molar-refractivity contribution in [3.63, 3.8) is 0 Å². The van der Waals surface area contributed by atoms with Crippen LogP contribution in [0.15, 0.2) is 12.1 Å². The average molecular weight is 299 g/mol. The summed E-state index contributed by atoms with van der Waals surface area (Å²) >= 11 is 6.24. The van der Waals surface area contributed by atoms with Crippen molar-refractivity contribution in [2.45, 2.75) is 44.6 Å². The van der Waals surface area contributed by atoms with E-state index in [9.17, 15) is 5.11 Å². The molecule has 0 bridgehead atoms. The Labute approximate surface area is 125 Å². The lowest BCUT2D eigenvalue weighted by Gasteiger charge is -2.25. The minimum atomic E-state index is -0.531. The molecule has 3 nitrogen and oxygen atoms in total. The van der Waals surface area contributed by atoms with Gasteiger partial charge in [0.2, 0.25) is 0 Å². The lowest BCUT2D eigenvalue weighted by molar-refractivity contribution is 0.128. The maximum Gasteiger partial charge on any atom is 0.147 e. The monoisotopic (exact) mass is 298 g/mol. The summed E-state index contributed by atoms with van der Waals surface area (Å²) in [5, 5.41) is 10.9. The Balaban J connectivity index is 2.16. The summed E-state index contributed by atoms with van der Waals surface area (Å²) in [6.45, 7) is 0. The van der Waals surface area contributed by atoms with Gasteiger partial charge in [0.1, 0.15) is 16.5 Å². The maximum absolute atomic E-state index is 10.5. The van der Waals surface area contributed by atoms with E-state index in [-0.39, 0.29) is 0 Å². The Morgan fingerprint density at radius 3 is 2.50 bits per heavy atom. The van der Waals surface area contributed by atoms with Crippen LogP contribution in [0.4, 0.5) is 0 Å². The summed E-state index contributed by atoms with van der Waals surface area (Å²) in [5.41, 5.74) is 0.754. The molecule has 0 spiro atoms. The number of rotatable bonds is 5. The number of benzene rings is 1. The Morgan fingerprint density at radius 2 is 1.90 bits per heavy atom. The molecule has 0 aromatic heterocycles. The Hall–Kier alpha value is -0.930. The first-order chi connectivity index (χ1) is 9.67. The molecule has 0 saturated heterocycles. The van der Waals surface area contributed by atoms with Crippen LogP contribution in [0.5, 0.6) is 11.5 Å². The zero-order valence-electron chi connectivity index (χ0n) is 12.2. The summed E-state index contributed by atoms with van der Waals surface area (Å²) in [6, 6.07) is 3.63. The van der Waals surface area contributed by atoms with Crippen molar-refractivity contribution in [1.82, 2.24) is 0 Å². The molecule has 1 atom stereocenters. The quantitative estimate of drug-likeness (QED) is 0.877. The van der Waals surface area contributed by atoms with Gasteiger partial charge in [-0.15, -0.1) is 0 Å². The van der Waals surface area contributed by atoms with Gasteiger partial charge in [0.05, 0.1) is 20.3 Å². The van der Waals surface area contributed by atoms with Crippen molar-refractivity contribution in [1.29, 1.82) is 0 Å². The van der Waals surface area contributed by atoms with Crippen LogP contribution in [0.1, 0.15) is 50.2 Å². The molecule has 4 heteroatoms. The fourth-order valence-electron chi connectivity index (χ4n) is 3.05. The molecule has 1 aromatic carbocycles. The fourth-order valence-corrected chi connectivity index (χ4v) is 3.37. The van der Waals surface area contributed by atoms with Crippen LogP contribution in [0, 0.1) is 5.92 Å². The highest BCUT2D eigenvalue weighted by atomic mass is 35.5. The smallest absolute Gasteiger partial charge is 0.147 e. The highest BCUT2D eigenvalue weighted by Gasteiger charge is 2.23. The summed E-state index contributed by atoms with van der Waals surface area (Å²) in [6.07, 6.45) is 6.54. The minimum absolute atomic E-state index is 0.426.